The number of carboxylic acids is 1. The highest BCUT2D eigenvalue weighted by atomic mass is 16.5. The molecule has 0 fully saturated rings. The molecule has 1 atom stereocenters. The molecule has 1 amide bonds. The maximum absolute atomic E-state index is 11.1. The van der Waals surface area contributed by atoms with Crippen molar-refractivity contribution in [3.63, 3.8) is 0 Å². The van der Waals surface area contributed by atoms with Crippen LogP contribution in [0.5, 0.6) is 0 Å². The summed E-state index contributed by atoms with van der Waals surface area (Å²) in [5, 5.41) is 11.1. The Morgan fingerprint density at radius 1 is 1.47 bits per heavy atom. The van der Waals surface area contributed by atoms with Gasteiger partial charge in [0.05, 0.1) is 5.92 Å². The predicted molar refractivity (Wildman–Crippen MR) is 55.5 cm³/mol. The largest absolute Gasteiger partial charge is 0.481 e. The molecule has 0 spiro atoms. The summed E-state index contributed by atoms with van der Waals surface area (Å²) in [6.07, 6.45) is 1.95. The summed E-state index contributed by atoms with van der Waals surface area (Å²) in [5.74, 6) is -1.74. The van der Waals surface area contributed by atoms with Gasteiger partial charge in [-0.3, -0.25) is 9.59 Å². The number of ether oxygens (including phenoxy) is 1. The van der Waals surface area contributed by atoms with Crippen molar-refractivity contribution in [2.75, 3.05) is 19.8 Å². The molecule has 0 aliphatic carbocycles. The fourth-order valence-electron chi connectivity index (χ4n) is 0.817. The molecule has 0 heterocycles. The second-order valence-electron chi connectivity index (χ2n) is 3.45. The third kappa shape index (κ3) is 7.93. The normalized spacial score (nSPS) is 12.1. The minimum absolute atomic E-state index is 0.00629. The van der Waals surface area contributed by atoms with Crippen molar-refractivity contribution in [3.05, 3.63) is 0 Å². The van der Waals surface area contributed by atoms with Gasteiger partial charge in [0.2, 0.25) is 5.91 Å². The fraction of sp³-hybridized carbons (Fsp3) is 0.800. The molecule has 0 aliphatic heterocycles. The Morgan fingerprint density at radius 2 is 2.13 bits per heavy atom. The number of carboxylic acid groups (broad SMARTS) is 1. The van der Waals surface area contributed by atoms with E-state index < -0.39 is 11.9 Å². The minimum Gasteiger partial charge on any atom is -0.481 e. The number of carbonyl (C=O) groups excluding carboxylic acids is 1. The molecule has 5 heteroatoms. The van der Waals surface area contributed by atoms with Gasteiger partial charge in [-0.1, -0.05) is 20.3 Å². The summed E-state index contributed by atoms with van der Waals surface area (Å²) in [6, 6.07) is 0. The van der Waals surface area contributed by atoms with Gasteiger partial charge in [-0.05, 0) is 6.42 Å². The highest BCUT2D eigenvalue weighted by Gasteiger charge is 2.11. The van der Waals surface area contributed by atoms with E-state index in [4.69, 9.17) is 9.84 Å². The molecule has 2 N–H and O–H groups in total. The summed E-state index contributed by atoms with van der Waals surface area (Å²) < 4.78 is 5.07. The molecule has 0 aromatic carbocycles. The van der Waals surface area contributed by atoms with Gasteiger partial charge in [-0.25, -0.2) is 0 Å². The molecule has 0 aromatic rings. The van der Waals surface area contributed by atoms with E-state index in [-0.39, 0.29) is 19.1 Å². The Labute approximate surface area is 89.8 Å². The Kier molecular flexibility index (Phi) is 7.62. The lowest BCUT2D eigenvalue weighted by Crippen LogP contribution is -2.34. The first-order valence-electron chi connectivity index (χ1n) is 5.15. The van der Waals surface area contributed by atoms with Gasteiger partial charge in [-0.15, -0.1) is 0 Å². The van der Waals surface area contributed by atoms with Crippen LogP contribution >= 0.6 is 0 Å². The van der Waals surface area contributed by atoms with Crippen LogP contribution in [0.15, 0.2) is 0 Å². The van der Waals surface area contributed by atoms with E-state index in [2.05, 4.69) is 5.32 Å². The molecular formula is C10H19NO4. The second-order valence-corrected chi connectivity index (χ2v) is 3.45. The molecule has 0 radical (unpaired) electrons. The lowest BCUT2D eigenvalue weighted by atomic mass is 10.2. The molecule has 88 valence electrons. The van der Waals surface area contributed by atoms with Crippen LogP contribution in [0.2, 0.25) is 0 Å². The van der Waals surface area contributed by atoms with Crippen molar-refractivity contribution in [2.24, 2.45) is 5.92 Å². The molecule has 5 nitrogen and oxygen atoms in total. The molecule has 0 saturated heterocycles. The van der Waals surface area contributed by atoms with E-state index in [1.807, 2.05) is 6.92 Å². The zero-order valence-electron chi connectivity index (χ0n) is 9.28. The van der Waals surface area contributed by atoms with Gasteiger partial charge in [0.25, 0.3) is 0 Å². The Hall–Kier alpha value is -1.10. The van der Waals surface area contributed by atoms with Gasteiger partial charge in [0.15, 0.2) is 0 Å². The first-order valence-corrected chi connectivity index (χ1v) is 5.15. The molecule has 0 saturated carbocycles. The first kappa shape index (κ1) is 13.9. The van der Waals surface area contributed by atoms with Crippen LogP contribution in [-0.2, 0) is 14.3 Å². The van der Waals surface area contributed by atoms with Crippen molar-refractivity contribution in [1.29, 1.82) is 0 Å². The van der Waals surface area contributed by atoms with E-state index in [0.717, 1.165) is 12.8 Å². The lowest BCUT2D eigenvalue weighted by Gasteiger charge is -2.08. The lowest BCUT2D eigenvalue weighted by molar-refractivity contribution is -0.141. The molecule has 0 aliphatic rings. The number of amides is 1. The molecule has 0 aromatic heterocycles. The zero-order chi connectivity index (χ0) is 11.7. The van der Waals surface area contributed by atoms with E-state index in [1.165, 1.54) is 0 Å². The van der Waals surface area contributed by atoms with E-state index >= 15 is 0 Å². The second kappa shape index (κ2) is 8.23. The van der Waals surface area contributed by atoms with Crippen LogP contribution < -0.4 is 5.32 Å². The van der Waals surface area contributed by atoms with Gasteiger partial charge >= 0.3 is 5.97 Å². The topological polar surface area (TPSA) is 75.6 Å². The maximum Gasteiger partial charge on any atom is 0.308 e. The Morgan fingerprint density at radius 3 is 2.67 bits per heavy atom. The summed E-state index contributed by atoms with van der Waals surface area (Å²) in [4.78, 5) is 21.5. The van der Waals surface area contributed by atoms with E-state index in [9.17, 15) is 9.59 Å². The van der Waals surface area contributed by atoms with Crippen LogP contribution in [0.4, 0.5) is 0 Å². The molecule has 15 heavy (non-hydrogen) atoms. The third-order valence-electron chi connectivity index (χ3n) is 1.90. The minimum atomic E-state index is -0.915. The SMILES string of the molecule is CCCCOCC(=O)NCC(C)C(=O)O. The molecule has 0 rings (SSSR count). The molecule has 1 unspecified atom stereocenters. The smallest absolute Gasteiger partial charge is 0.308 e. The third-order valence-corrected chi connectivity index (χ3v) is 1.90. The van der Waals surface area contributed by atoms with Gasteiger partial charge in [0.1, 0.15) is 6.61 Å². The monoisotopic (exact) mass is 217 g/mol. The number of aliphatic carboxylic acids is 1. The highest BCUT2D eigenvalue weighted by molar-refractivity contribution is 5.78. The Balaban J connectivity index is 3.45. The quantitative estimate of drug-likeness (QED) is 0.585. The number of nitrogens with one attached hydrogen (secondary N) is 1. The standard InChI is InChI=1S/C10H19NO4/c1-3-4-5-15-7-9(12)11-6-8(2)10(13)14/h8H,3-7H2,1-2H3,(H,11,12)(H,13,14). The van der Waals surface area contributed by atoms with E-state index in [1.54, 1.807) is 6.92 Å². The average molecular weight is 217 g/mol. The predicted octanol–water partition coefficient (Wildman–Crippen LogP) is 0.640. The zero-order valence-corrected chi connectivity index (χ0v) is 9.28. The van der Waals surface area contributed by atoms with Crippen LogP contribution in [0.1, 0.15) is 26.7 Å². The number of hydrogen-bond donors (Lipinski definition) is 2. The number of carbonyl (C=O) groups is 2. The Bertz CT molecular complexity index is 206. The van der Waals surface area contributed by atoms with Crippen molar-refractivity contribution < 1.29 is 19.4 Å². The number of hydrogen-bond acceptors (Lipinski definition) is 3. The van der Waals surface area contributed by atoms with Crippen LogP contribution in [0, 0.1) is 5.92 Å². The van der Waals surface area contributed by atoms with Crippen LogP contribution in [-0.4, -0.2) is 36.7 Å². The maximum atomic E-state index is 11.1. The van der Waals surface area contributed by atoms with Gasteiger partial charge < -0.3 is 15.2 Å². The van der Waals surface area contributed by atoms with Gasteiger partial charge in [-0.2, -0.15) is 0 Å². The van der Waals surface area contributed by atoms with Crippen LogP contribution in [0.25, 0.3) is 0 Å². The summed E-state index contributed by atoms with van der Waals surface area (Å²) >= 11 is 0. The van der Waals surface area contributed by atoms with Crippen molar-refractivity contribution in [2.45, 2.75) is 26.7 Å². The summed E-state index contributed by atoms with van der Waals surface area (Å²) in [6.45, 7) is 4.30. The molecule has 0 bridgehead atoms. The average Bonchev–Trinajstić information content (AvgIpc) is 2.20. The highest BCUT2D eigenvalue weighted by Crippen LogP contribution is 1.91. The van der Waals surface area contributed by atoms with Crippen molar-refractivity contribution >= 4 is 11.9 Å². The summed E-state index contributed by atoms with van der Waals surface area (Å²) in [7, 11) is 0. The number of rotatable bonds is 8. The van der Waals surface area contributed by atoms with Crippen molar-refractivity contribution in [3.8, 4) is 0 Å². The summed E-state index contributed by atoms with van der Waals surface area (Å²) in [5.41, 5.74) is 0. The van der Waals surface area contributed by atoms with Gasteiger partial charge in [0, 0.05) is 13.2 Å². The van der Waals surface area contributed by atoms with Crippen molar-refractivity contribution in [1.82, 2.24) is 5.32 Å². The fourth-order valence-corrected chi connectivity index (χ4v) is 0.817. The number of unbranched alkanes of at least 4 members (excludes halogenated alkanes) is 1. The van der Waals surface area contributed by atoms with Crippen LogP contribution in [0.3, 0.4) is 0 Å². The first-order chi connectivity index (χ1) is 7.07. The van der Waals surface area contributed by atoms with E-state index in [0.29, 0.717) is 6.61 Å². The molecular weight excluding hydrogens is 198 g/mol.